The molecule has 20 heavy (non-hydrogen) atoms. The van der Waals surface area contributed by atoms with Crippen LogP contribution in [-0.4, -0.2) is 42.9 Å². The van der Waals surface area contributed by atoms with Gasteiger partial charge in [0.1, 0.15) is 5.82 Å². The second-order valence-electron chi connectivity index (χ2n) is 5.95. The Hall–Kier alpha value is -1.13. The number of hydrogen-bond acceptors (Lipinski definition) is 4. The van der Waals surface area contributed by atoms with E-state index in [0.29, 0.717) is 6.04 Å². The van der Waals surface area contributed by atoms with Gasteiger partial charge in [0.05, 0.1) is 5.60 Å². The molecule has 1 aromatic rings. The average Bonchev–Trinajstić information content (AvgIpc) is 2.49. The zero-order chi connectivity index (χ0) is 13.8. The number of piperidine rings is 1. The zero-order valence-corrected chi connectivity index (χ0v) is 12.3. The summed E-state index contributed by atoms with van der Waals surface area (Å²) in [5.74, 6) is 1.10. The Morgan fingerprint density at radius 3 is 2.95 bits per heavy atom. The first-order valence-corrected chi connectivity index (χ1v) is 7.85. The lowest BCUT2D eigenvalue weighted by Crippen LogP contribution is -2.53. The second kappa shape index (κ2) is 6.10. The molecule has 1 spiro atoms. The molecule has 0 aromatic carbocycles. The number of pyridine rings is 1. The number of nitrogens with one attached hydrogen (secondary N) is 1. The van der Waals surface area contributed by atoms with E-state index >= 15 is 0 Å². The highest BCUT2D eigenvalue weighted by atomic mass is 16.5. The highest BCUT2D eigenvalue weighted by molar-refractivity contribution is 5.38. The number of nitrogens with zero attached hydrogens (tertiary/aromatic N) is 2. The third kappa shape index (κ3) is 2.96. The topological polar surface area (TPSA) is 37.4 Å². The molecule has 2 fully saturated rings. The number of hydrogen-bond donors (Lipinski definition) is 1. The first kappa shape index (κ1) is 13.8. The summed E-state index contributed by atoms with van der Waals surface area (Å²) in [6, 6.07) is 6.77. The first-order valence-electron chi connectivity index (χ1n) is 7.85. The lowest BCUT2D eigenvalue weighted by Gasteiger charge is -2.46. The summed E-state index contributed by atoms with van der Waals surface area (Å²) in [7, 11) is 0. The average molecular weight is 275 g/mol. The highest BCUT2D eigenvalue weighted by Gasteiger charge is 2.40. The lowest BCUT2D eigenvalue weighted by molar-refractivity contribution is -0.102. The Balaban J connectivity index is 1.60. The highest BCUT2D eigenvalue weighted by Crippen LogP contribution is 2.35. The summed E-state index contributed by atoms with van der Waals surface area (Å²) in [5, 5.41) is 3.59. The van der Waals surface area contributed by atoms with Gasteiger partial charge in [0.2, 0.25) is 0 Å². The Morgan fingerprint density at radius 2 is 2.25 bits per heavy atom. The molecule has 2 aliphatic heterocycles. The predicted molar refractivity (Wildman–Crippen MR) is 81.1 cm³/mol. The van der Waals surface area contributed by atoms with Crippen molar-refractivity contribution in [2.45, 2.75) is 44.2 Å². The van der Waals surface area contributed by atoms with E-state index in [2.05, 4.69) is 34.3 Å². The van der Waals surface area contributed by atoms with Crippen LogP contribution in [0.5, 0.6) is 0 Å². The summed E-state index contributed by atoms with van der Waals surface area (Å²) in [6.45, 7) is 6.25. The van der Waals surface area contributed by atoms with Crippen LogP contribution in [0.2, 0.25) is 0 Å². The maximum Gasteiger partial charge on any atom is 0.128 e. The van der Waals surface area contributed by atoms with E-state index in [1.54, 1.807) is 0 Å². The van der Waals surface area contributed by atoms with Crippen molar-refractivity contribution in [3.63, 3.8) is 0 Å². The van der Waals surface area contributed by atoms with E-state index in [4.69, 9.17) is 4.74 Å². The van der Waals surface area contributed by atoms with Gasteiger partial charge in [0, 0.05) is 31.9 Å². The SMILES string of the molecule is CCNC1CCOC2(CCN(c3ccccn3)CC2)C1. The van der Waals surface area contributed by atoms with Crippen molar-refractivity contribution in [2.24, 2.45) is 0 Å². The van der Waals surface area contributed by atoms with Crippen molar-refractivity contribution in [1.29, 1.82) is 0 Å². The van der Waals surface area contributed by atoms with Gasteiger partial charge in [-0.05, 0) is 44.4 Å². The van der Waals surface area contributed by atoms with E-state index in [0.717, 1.165) is 57.7 Å². The van der Waals surface area contributed by atoms with E-state index in [1.165, 1.54) is 0 Å². The van der Waals surface area contributed by atoms with Gasteiger partial charge < -0.3 is 15.0 Å². The Kier molecular flexibility index (Phi) is 4.22. The molecule has 4 nitrogen and oxygen atoms in total. The van der Waals surface area contributed by atoms with Crippen molar-refractivity contribution in [3.05, 3.63) is 24.4 Å². The number of aromatic nitrogens is 1. The maximum absolute atomic E-state index is 6.18. The van der Waals surface area contributed by atoms with Crippen LogP contribution in [0.25, 0.3) is 0 Å². The van der Waals surface area contributed by atoms with E-state index in [9.17, 15) is 0 Å². The molecule has 3 heterocycles. The quantitative estimate of drug-likeness (QED) is 0.918. The largest absolute Gasteiger partial charge is 0.375 e. The van der Waals surface area contributed by atoms with Crippen LogP contribution in [0, 0.1) is 0 Å². The van der Waals surface area contributed by atoms with Crippen LogP contribution >= 0.6 is 0 Å². The minimum atomic E-state index is 0.108. The number of rotatable bonds is 3. The molecule has 1 unspecified atom stereocenters. The molecule has 0 saturated carbocycles. The molecule has 2 aliphatic rings. The lowest BCUT2D eigenvalue weighted by atomic mass is 9.82. The monoisotopic (exact) mass is 275 g/mol. The van der Waals surface area contributed by atoms with E-state index in [-0.39, 0.29) is 5.60 Å². The third-order valence-corrected chi connectivity index (χ3v) is 4.63. The van der Waals surface area contributed by atoms with Crippen molar-refractivity contribution in [3.8, 4) is 0 Å². The van der Waals surface area contributed by atoms with Gasteiger partial charge in [-0.3, -0.25) is 0 Å². The summed E-state index contributed by atoms with van der Waals surface area (Å²) in [6.07, 6.45) is 6.42. The van der Waals surface area contributed by atoms with Crippen LogP contribution in [-0.2, 0) is 4.74 Å². The van der Waals surface area contributed by atoms with Crippen molar-refractivity contribution >= 4 is 5.82 Å². The molecule has 0 bridgehead atoms. The molecule has 110 valence electrons. The summed E-state index contributed by atoms with van der Waals surface area (Å²) in [4.78, 5) is 6.83. The molecule has 1 atom stereocenters. The molecular weight excluding hydrogens is 250 g/mol. The first-order chi connectivity index (χ1) is 9.81. The van der Waals surface area contributed by atoms with Crippen LogP contribution in [0.3, 0.4) is 0 Å². The van der Waals surface area contributed by atoms with Crippen LogP contribution in [0.4, 0.5) is 5.82 Å². The second-order valence-corrected chi connectivity index (χ2v) is 5.95. The van der Waals surface area contributed by atoms with Crippen molar-refractivity contribution in [1.82, 2.24) is 10.3 Å². The normalized spacial score (nSPS) is 25.9. The smallest absolute Gasteiger partial charge is 0.128 e. The van der Waals surface area contributed by atoms with Gasteiger partial charge in [-0.25, -0.2) is 4.98 Å². The third-order valence-electron chi connectivity index (χ3n) is 4.63. The van der Waals surface area contributed by atoms with E-state index < -0.39 is 0 Å². The summed E-state index contributed by atoms with van der Waals surface area (Å²) >= 11 is 0. The van der Waals surface area contributed by atoms with Gasteiger partial charge in [-0.2, -0.15) is 0 Å². The molecule has 0 aliphatic carbocycles. The molecule has 3 rings (SSSR count). The molecule has 0 amide bonds. The van der Waals surface area contributed by atoms with Gasteiger partial charge in [0.25, 0.3) is 0 Å². The van der Waals surface area contributed by atoms with Crippen LogP contribution < -0.4 is 10.2 Å². The van der Waals surface area contributed by atoms with Crippen molar-refractivity contribution < 1.29 is 4.74 Å². The minimum absolute atomic E-state index is 0.108. The molecular formula is C16H25N3O. The van der Waals surface area contributed by atoms with Gasteiger partial charge in [0.15, 0.2) is 0 Å². The van der Waals surface area contributed by atoms with Crippen LogP contribution in [0.15, 0.2) is 24.4 Å². The number of ether oxygens (including phenoxy) is 1. The molecule has 4 heteroatoms. The zero-order valence-electron chi connectivity index (χ0n) is 12.3. The van der Waals surface area contributed by atoms with Gasteiger partial charge in [-0.15, -0.1) is 0 Å². The standard InChI is InChI=1S/C16H25N3O/c1-2-17-14-6-12-20-16(13-14)7-10-19(11-8-16)15-5-3-4-9-18-15/h3-5,9,14,17H,2,6-8,10-13H2,1H3. The molecule has 0 radical (unpaired) electrons. The van der Waals surface area contributed by atoms with Gasteiger partial charge in [-0.1, -0.05) is 13.0 Å². The Labute approximate surface area is 121 Å². The fraction of sp³-hybridized carbons (Fsp3) is 0.688. The molecule has 1 aromatic heterocycles. The summed E-state index contributed by atoms with van der Waals surface area (Å²) in [5.41, 5.74) is 0.108. The van der Waals surface area contributed by atoms with Crippen LogP contribution in [0.1, 0.15) is 32.6 Å². The minimum Gasteiger partial charge on any atom is -0.375 e. The van der Waals surface area contributed by atoms with Gasteiger partial charge >= 0.3 is 0 Å². The van der Waals surface area contributed by atoms with Crippen molar-refractivity contribution in [2.75, 3.05) is 31.1 Å². The Morgan fingerprint density at radius 1 is 1.40 bits per heavy atom. The predicted octanol–water partition coefficient (Wildman–Crippen LogP) is 2.21. The fourth-order valence-corrected chi connectivity index (χ4v) is 3.52. The van der Waals surface area contributed by atoms with E-state index in [1.807, 2.05) is 12.3 Å². The maximum atomic E-state index is 6.18. The molecule has 1 N–H and O–H groups in total. The Bertz CT molecular complexity index is 413. The fourth-order valence-electron chi connectivity index (χ4n) is 3.52. The number of anilines is 1. The molecule has 2 saturated heterocycles. The summed E-state index contributed by atoms with van der Waals surface area (Å²) < 4.78 is 6.18.